The minimum absolute atomic E-state index is 0.0471. The molecule has 0 radical (unpaired) electrons. The van der Waals surface area contributed by atoms with E-state index in [0.29, 0.717) is 0 Å². The zero-order valence-electron chi connectivity index (χ0n) is 17.6. The molecular weight excluding hydrogens is 376 g/mol. The number of hydrogen-bond acceptors (Lipinski definition) is 3. The number of rotatable bonds is 4. The summed E-state index contributed by atoms with van der Waals surface area (Å²) in [5.74, 6) is 0.277. The Hall–Kier alpha value is -2.63. The number of aromatic nitrogens is 2. The lowest BCUT2D eigenvalue weighted by molar-refractivity contribution is -0.141. The van der Waals surface area contributed by atoms with Gasteiger partial charge in [0, 0.05) is 30.0 Å². The van der Waals surface area contributed by atoms with Gasteiger partial charge in [-0.1, -0.05) is 19.3 Å². The van der Waals surface area contributed by atoms with E-state index in [1.54, 1.807) is 6.33 Å². The van der Waals surface area contributed by atoms with Crippen molar-refractivity contribution in [3.8, 4) is 5.69 Å². The molecule has 1 saturated heterocycles. The van der Waals surface area contributed by atoms with Crippen molar-refractivity contribution in [1.29, 1.82) is 0 Å². The highest BCUT2D eigenvalue weighted by atomic mass is 16.2. The van der Waals surface area contributed by atoms with Crippen LogP contribution in [-0.4, -0.2) is 38.9 Å². The molecule has 0 bridgehead atoms. The van der Waals surface area contributed by atoms with E-state index >= 15 is 0 Å². The maximum Gasteiger partial charge on any atom is 0.247 e. The van der Waals surface area contributed by atoms with Gasteiger partial charge in [-0.05, 0) is 68.7 Å². The van der Waals surface area contributed by atoms with Gasteiger partial charge in [0.1, 0.15) is 6.04 Å². The third kappa shape index (κ3) is 3.75. The molecule has 2 amide bonds. The molecule has 158 valence electrons. The average molecular weight is 407 g/mol. The lowest BCUT2D eigenvalue weighted by atomic mass is 9.88. The first kappa shape index (κ1) is 19.3. The highest BCUT2D eigenvalue weighted by Crippen LogP contribution is 2.55. The molecule has 1 N–H and O–H groups in total. The second-order valence-corrected chi connectivity index (χ2v) is 9.48. The second-order valence-electron chi connectivity index (χ2n) is 9.48. The van der Waals surface area contributed by atoms with Crippen molar-refractivity contribution in [3.63, 3.8) is 0 Å². The van der Waals surface area contributed by atoms with Gasteiger partial charge in [0.2, 0.25) is 11.8 Å². The number of benzene rings is 1. The molecule has 6 nitrogen and oxygen atoms in total. The molecule has 1 spiro atoms. The van der Waals surface area contributed by atoms with Gasteiger partial charge in [0.05, 0.1) is 12.0 Å². The number of amides is 2. The molecule has 1 aliphatic heterocycles. The molecule has 1 atom stereocenters. The zero-order chi connectivity index (χ0) is 20.7. The third-order valence-electron chi connectivity index (χ3n) is 7.15. The fourth-order valence-electron chi connectivity index (χ4n) is 5.15. The van der Waals surface area contributed by atoms with Gasteiger partial charge < -0.3 is 14.8 Å². The molecule has 3 aliphatic rings. The third-order valence-corrected chi connectivity index (χ3v) is 7.15. The SMILES string of the molecule is Cc1cn(-c2ccc(NC(=O)[C@@H]3CC4(CC4)CN3C(=O)C3CCCCC3)cc2)cn1. The van der Waals surface area contributed by atoms with Crippen LogP contribution in [0, 0.1) is 18.3 Å². The van der Waals surface area contributed by atoms with Crippen LogP contribution in [0.15, 0.2) is 36.8 Å². The van der Waals surface area contributed by atoms with Crippen LogP contribution < -0.4 is 5.32 Å². The first-order chi connectivity index (χ1) is 14.5. The Kier molecular flexibility index (Phi) is 4.88. The van der Waals surface area contributed by atoms with E-state index in [4.69, 9.17) is 0 Å². The maximum atomic E-state index is 13.2. The summed E-state index contributed by atoms with van der Waals surface area (Å²) in [5, 5.41) is 3.06. The normalized spacial score (nSPS) is 23.0. The van der Waals surface area contributed by atoms with E-state index in [1.165, 1.54) is 6.42 Å². The van der Waals surface area contributed by atoms with Crippen LogP contribution in [0.5, 0.6) is 0 Å². The monoisotopic (exact) mass is 406 g/mol. The molecule has 2 saturated carbocycles. The standard InChI is InChI=1S/C24H30N4O2/c1-17-14-27(16-25-17)20-9-7-19(8-10-20)26-22(29)21-13-24(11-12-24)15-28(21)23(30)18-5-3-2-4-6-18/h7-10,14,16,18,21H,2-6,11-13,15H2,1H3,(H,26,29)/t21-/m0/s1. The summed E-state index contributed by atoms with van der Waals surface area (Å²) in [5.41, 5.74) is 2.93. The molecule has 2 aliphatic carbocycles. The number of nitrogens with zero attached hydrogens (tertiary/aromatic N) is 3. The van der Waals surface area contributed by atoms with Crippen molar-refractivity contribution in [2.45, 2.75) is 64.3 Å². The largest absolute Gasteiger partial charge is 0.330 e. The Bertz CT molecular complexity index is 938. The predicted molar refractivity (Wildman–Crippen MR) is 115 cm³/mol. The Balaban J connectivity index is 1.28. The summed E-state index contributed by atoms with van der Waals surface area (Å²) in [6.45, 7) is 2.72. The van der Waals surface area contributed by atoms with Gasteiger partial charge in [0.25, 0.3) is 0 Å². The van der Waals surface area contributed by atoms with Crippen molar-refractivity contribution in [1.82, 2.24) is 14.5 Å². The van der Waals surface area contributed by atoms with Crippen LogP contribution >= 0.6 is 0 Å². The van der Waals surface area contributed by atoms with Crippen LogP contribution in [0.25, 0.3) is 5.69 Å². The van der Waals surface area contributed by atoms with Crippen molar-refractivity contribution in [2.75, 3.05) is 11.9 Å². The molecule has 30 heavy (non-hydrogen) atoms. The van der Waals surface area contributed by atoms with Gasteiger partial charge in [-0.3, -0.25) is 9.59 Å². The van der Waals surface area contributed by atoms with Crippen molar-refractivity contribution in [2.24, 2.45) is 11.3 Å². The van der Waals surface area contributed by atoms with Crippen molar-refractivity contribution >= 4 is 17.5 Å². The fraction of sp³-hybridized carbons (Fsp3) is 0.542. The minimum Gasteiger partial charge on any atom is -0.330 e. The van der Waals surface area contributed by atoms with Gasteiger partial charge in [-0.15, -0.1) is 0 Å². The van der Waals surface area contributed by atoms with Gasteiger partial charge in [0.15, 0.2) is 0 Å². The summed E-state index contributed by atoms with van der Waals surface area (Å²) in [6.07, 6.45) is 12.3. The summed E-state index contributed by atoms with van der Waals surface area (Å²) < 4.78 is 1.96. The topological polar surface area (TPSA) is 67.2 Å². The Morgan fingerprint density at radius 3 is 2.47 bits per heavy atom. The van der Waals surface area contributed by atoms with Gasteiger partial charge in [-0.2, -0.15) is 0 Å². The Labute approximate surface area is 177 Å². The molecule has 1 aromatic heterocycles. The van der Waals surface area contributed by atoms with Crippen molar-refractivity contribution < 1.29 is 9.59 Å². The average Bonchev–Trinajstić information content (AvgIpc) is 3.20. The summed E-state index contributed by atoms with van der Waals surface area (Å²) in [4.78, 5) is 32.6. The first-order valence-electron chi connectivity index (χ1n) is 11.3. The van der Waals surface area contributed by atoms with Crippen LogP contribution in [0.3, 0.4) is 0 Å². The van der Waals surface area contributed by atoms with E-state index in [0.717, 1.165) is 68.6 Å². The van der Waals surface area contributed by atoms with Crippen LogP contribution in [-0.2, 0) is 9.59 Å². The van der Waals surface area contributed by atoms with Crippen molar-refractivity contribution in [3.05, 3.63) is 42.5 Å². The van der Waals surface area contributed by atoms with E-state index in [9.17, 15) is 9.59 Å². The lowest BCUT2D eigenvalue weighted by Gasteiger charge is -2.30. The Morgan fingerprint density at radius 2 is 1.83 bits per heavy atom. The van der Waals surface area contributed by atoms with Gasteiger partial charge >= 0.3 is 0 Å². The van der Waals surface area contributed by atoms with E-state index in [-0.39, 0.29) is 29.2 Å². The lowest BCUT2D eigenvalue weighted by Crippen LogP contribution is -2.46. The molecule has 6 heteroatoms. The summed E-state index contributed by atoms with van der Waals surface area (Å²) in [7, 11) is 0. The van der Waals surface area contributed by atoms with Gasteiger partial charge in [-0.25, -0.2) is 4.98 Å². The molecule has 2 aromatic rings. The fourth-order valence-corrected chi connectivity index (χ4v) is 5.15. The summed E-state index contributed by atoms with van der Waals surface area (Å²) >= 11 is 0. The van der Waals surface area contributed by atoms with E-state index < -0.39 is 0 Å². The number of likely N-dealkylation sites (tertiary alicyclic amines) is 1. The Morgan fingerprint density at radius 1 is 1.10 bits per heavy atom. The highest BCUT2D eigenvalue weighted by molar-refractivity contribution is 5.98. The van der Waals surface area contributed by atoms with E-state index in [2.05, 4.69) is 10.3 Å². The molecule has 2 heterocycles. The minimum atomic E-state index is -0.335. The molecule has 0 unspecified atom stereocenters. The second kappa shape index (κ2) is 7.56. The maximum absolute atomic E-state index is 13.2. The molecular formula is C24H30N4O2. The number of anilines is 1. The zero-order valence-corrected chi connectivity index (χ0v) is 17.6. The molecule has 3 fully saturated rings. The molecule has 5 rings (SSSR count). The van der Waals surface area contributed by atoms with Crippen LogP contribution in [0.2, 0.25) is 0 Å². The van der Waals surface area contributed by atoms with Crippen LogP contribution in [0.1, 0.15) is 57.1 Å². The predicted octanol–water partition coefficient (Wildman–Crippen LogP) is 4.08. The molecule has 1 aromatic carbocycles. The highest BCUT2D eigenvalue weighted by Gasteiger charge is 2.55. The first-order valence-corrected chi connectivity index (χ1v) is 11.3. The number of carbonyl (C=O) groups is 2. The number of imidazole rings is 1. The van der Waals surface area contributed by atoms with E-state index in [1.807, 2.05) is 46.9 Å². The number of hydrogen-bond donors (Lipinski definition) is 1. The summed E-state index contributed by atoms with van der Waals surface area (Å²) in [6, 6.07) is 7.44. The smallest absolute Gasteiger partial charge is 0.247 e. The number of carbonyl (C=O) groups excluding carboxylic acids is 2. The number of nitrogens with one attached hydrogen (secondary N) is 1. The number of aryl methyl sites for hydroxylation is 1. The van der Waals surface area contributed by atoms with Crippen LogP contribution in [0.4, 0.5) is 5.69 Å². The quantitative estimate of drug-likeness (QED) is 0.832.